The van der Waals surface area contributed by atoms with Gasteiger partial charge in [0.25, 0.3) is 0 Å². The van der Waals surface area contributed by atoms with Crippen molar-refractivity contribution in [2.45, 2.75) is 6.42 Å². The summed E-state index contributed by atoms with van der Waals surface area (Å²) in [6.07, 6.45) is 0.775. The van der Waals surface area contributed by atoms with E-state index in [0.29, 0.717) is 6.54 Å². The lowest BCUT2D eigenvalue weighted by atomic mass is 10.1. The molecule has 0 saturated heterocycles. The molecule has 0 saturated carbocycles. The fourth-order valence-electron chi connectivity index (χ4n) is 1.86. The molecule has 2 aromatic rings. The number of urea groups is 1. The van der Waals surface area contributed by atoms with Crippen LogP contribution < -0.4 is 15.4 Å². The predicted molar refractivity (Wildman–Crippen MR) is 87.9 cm³/mol. The quantitative estimate of drug-likeness (QED) is 0.862. The number of methoxy groups -OCH3 is 1. The monoisotopic (exact) mass is 348 g/mol. The predicted octanol–water partition coefficient (Wildman–Crippen LogP) is 3.82. The minimum atomic E-state index is -0.216. The molecule has 21 heavy (non-hydrogen) atoms. The first-order valence-corrected chi connectivity index (χ1v) is 7.40. The highest BCUT2D eigenvalue weighted by molar-refractivity contribution is 9.10. The van der Waals surface area contributed by atoms with E-state index < -0.39 is 0 Å². The van der Waals surface area contributed by atoms with Gasteiger partial charge < -0.3 is 15.4 Å². The summed E-state index contributed by atoms with van der Waals surface area (Å²) in [5.41, 5.74) is 1.90. The van der Waals surface area contributed by atoms with Crippen LogP contribution >= 0.6 is 15.9 Å². The fourth-order valence-corrected chi connectivity index (χ4v) is 2.34. The number of rotatable bonds is 5. The van der Waals surface area contributed by atoms with Gasteiger partial charge >= 0.3 is 6.03 Å². The summed E-state index contributed by atoms with van der Waals surface area (Å²) in [5, 5.41) is 5.61. The maximum absolute atomic E-state index is 11.8. The third-order valence-electron chi connectivity index (χ3n) is 2.99. The number of benzene rings is 2. The van der Waals surface area contributed by atoms with Gasteiger partial charge in [0.15, 0.2) is 0 Å². The number of ether oxygens (including phenoxy) is 1. The molecular formula is C16H17BrN2O2. The van der Waals surface area contributed by atoms with Gasteiger partial charge in [-0.2, -0.15) is 0 Å². The average Bonchev–Trinajstić information content (AvgIpc) is 2.50. The van der Waals surface area contributed by atoms with Crippen LogP contribution in [0.4, 0.5) is 10.5 Å². The second-order valence-electron chi connectivity index (χ2n) is 4.45. The van der Waals surface area contributed by atoms with E-state index in [1.54, 1.807) is 31.4 Å². The highest BCUT2D eigenvalue weighted by atomic mass is 79.9. The van der Waals surface area contributed by atoms with E-state index in [2.05, 4.69) is 26.6 Å². The summed E-state index contributed by atoms with van der Waals surface area (Å²) in [5.74, 6) is 0.759. The Balaban J connectivity index is 1.78. The summed E-state index contributed by atoms with van der Waals surface area (Å²) >= 11 is 3.49. The van der Waals surface area contributed by atoms with E-state index >= 15 is 0 Å². The van der Waals surface area contributed by atoms with Gasteiger partial charge in [0.1, 0.15) is 5.75 Å². The number of nitrogens with one attached hydrogen (secondary N) is 2. The lowest BCUT2D eigenvalue weighted by molar-refractivity contribution is 0.252. The second kappa shape index (κ2) is 7.69. The molecular weight excluding hydrogens is 332 g/mol. The SMILES string of the molecule is COc1ccc(NC(=O)NCCc2ccccc2Br)cc1. The van der Waals surface area contributed by atoms with Crippen molar-refractivity contribution in [1.82, 2.24) is 5.32 Å². The Morgan fingerprint density at radius 3 is 2.52 bits per heavy atom. The molecule has 0 heterocycles. The Morgan fingerprint density at radius 1 is 1.14 bits per heavy atom. The van der Waals surface area contributed by atoms with Gasteiger partial charge in [0.05, 0.1) is 7.11 Å². The fraction of sp³-hybridized carbons (Fsp3) is 0.188. The van der Waals surface area contributed by atoms with Gasteiger partial charge in [-0.15, -0.1) is 0 Å². The number of halogens is 1. The Labute approximate surface area is 132 Å². The van der Waals surface area contributed by atoms with E-state index in [1.807, 2.05) is 24.3 Å². The first kappa shape index (κ1) is 15.4. The molecule has 0 aromatic heterocycles. The number of anilines is 1. The first-order chi connectivity index (χ1) is 10.2. The molecule has 0 unspecified atom stereocenters. The zero-order valence-electron chi connectivity index (χ0n) is 11.7. The maximum Gasteiger partial charge on any atom is 0.319 e. The van der Waals surface area contributed by atoms with E-state index in [-0.39, 0.29) is 6.03 Å². The lowest BCUT2D eigenvalue weighted by Gasteiger charge is -2.09. The third-order valence-corrected chi connectivity index (χ3v) is 3.76. The normalized spacial score (nSPS) is 10.0. The van der Waals surface area contributed by atoms with Crippen LogP contribution in [0.3, 0.4) is 0 Å². The third kappa shape index (κ3) is 4.79. The van der Waals surface area contributed by atoms with Crippen LogP contribution in [0.5, 0.6) is 5.75 Å². The molecule has 0 radical (unpaired) electrons. The summed E-state index contributed by atoms with van der Waals surface area (Å²) in [4.78, 5) is 11.8. The number of carbonyl (C=O) groups excluding carboxylic acids is 1. The van der Waals surface area contributed by atoms with Crippen molar-refractivity contribution in [3.63, 3.8) is 0 Å². The molecule has 2 amide bonds. The number of amides is 2. The van der Waals surface area contributed by atoms with Crippen LogP contribution in [0, 0.1) is 0 Å². The zero-order chi connectivity index (χ0) is 15.1. The number of hydrogen-bond acceptors (Lipinski definition) is 2. The van der Waals surface area contributed by atoms with Crippen molar-refractivity contribution in [2.75, 3.05) is 19.0 Å². The van der Waals surface area contributed by atoms with E-state index in [0.717, 1.165) is 22.3 Å². The molecule has 0 aliphatic rings. The summed E-state index contributed by atoms with van der Waals surface area (Å²) in [6, 6.07) is 15.0. The highest BCUT2D eigenvalue weighted by Crippen LogP contribution is 2.16. The number of carbonyl (C=O) groups is 1. The molecule has 2 N–H and O–H groups in total. The summed E-state index contributed by atoms with van der Waals surface area (Å²) in [6.45, 7) is 0.574. The van der Waals surface area contributed by atoms with Crippen molar-refractivity contribution in [3.8, 4) is 5.75 Å². The Kier molecular flexibility index (Phi) is 5.63. The van der Waals surface area contributed by atoms with Crippen LogP contribution in [-0.2, 0) is 6.42 Å². The van der Waals surface area contributed by atoms with Crippen molar-refractivity contribution >= 4 is 27.6 Å². The van der Waals surface area contributed by atoms with Gasteiger partial charge in [0, 0.05) is 16.7 Å². The van der Waals surface area contributed by atoms with Crippen molar-refractivity contribution in [3.05, 3.63) is 58.6 Å². The molecule has 0 fully saturated rings. The van der Waals surface area contributed by atoms with Crippen LogP contribution in [-0.4, -0.2) is 19.7 Å². The van der Waals surface area contributed by atoms with E-state index in [1.165, 1.54) is 5.56 Å². The van der Waals surface area contributed by atoms with Crippen molar-refractivity contribution in [1.29, 1.82) is 0 Å². The van der Waals surface area contributed by atoms with Crippen LogP contribution in [0.2, 0.25) is 0 Å². The Morgan fingerprint density at radius 2 is 1.86 bits per heavy atom. The van der Waals surface area contributed by atoms with Crippen molar-refractivity contribution < 1.29 is 9.53 Å². The number of hydrogen-bond donors (Lipinski definition) is 2. The van der Waals surface area contributed by atoms with Gasteiger partial charge in [-0.1, -0.05) is 34.1 Å². The maximum atomic E-state index is 11.8. The zero-order valence-corrected chi connectivity index (χ0v) is 13.3. The van der Waals surface area contributed by atoms with Gasteiger partial charge in [0.2, 0.25) is 0 Å². The summed E-state index contributed by atoms with van der Waals surface area (Å²) < 4.78 is 6.12. The molecule has 5 heteroatoms. The van der Waals surface area contributed by atoms with Gasteiger partial charge in [-0.05, 0) is 42.3 Å². The largest absolute Gasteiger partial charge is 0.497 e. The van der Waals surface area contributed by atoms with Crippen molar-refractivity contribution in [2.24, 2.45) is 0 Å². The minimum absolute atomic E-state index is 0.216. The van der Waals surface area contributed by atoms with Crippen LogP contribution in [0.15, 0.2) is 53.0 Å². The first-order valence-electron chi connectivity index (χ1n) is 6.61. The van der Waals surface area contributed by atoms with Gasteiger partial charge in [-0.25, -0.2) is 4.79 Å². The molecule has 0 bridgehead atoms. The molecule has 0 atom stereocenters. The minimum Gasteiger partial charge on any atom is -0.497 e. The lowest BCUT2D eigenvalue weighted by Crippen LogP contribution is -2.30. The van der Waals surface area contributed by atoms with E-state index in [9.17, 15) is 4.79 Å². The highest BCUT2D eigenvalue weighted by Gasteiger charge is 2.03. The summed E-state index contributed by atoms with van der Waals surface area (Å²) in [7, 11) is 1.61. The topological polar surface area (TPSA) is 50.4 Å². The molecule has 4 nitrogen and oxygen atoms in total. The molecule has 2 aromatic carbocycles. The Hall–Kier alpha value is -2.01. The molecule has 0 aliphatic carbocycles. The van der Waals surface area contributed by atoms with E-state index in [4.69, 9.17) is 4.74 Å². The average molecular weight is 349 g/mol. The van der Waals surface area contributed by atoms with Crippen LogP contribution in [0.1, 0.15) is 5.56 Å². The molecule has 0 spiro atoms. The molecule has 110 valence electrons. The second-order valence-corrected chi connectivity index (χ2v) is 5.31. The molecule has 0 aliphatic heterocycles. The molecule has 2 rings (SSSR count). The smallest absolute Gasteiger partial charge is 0.319 e. The van der Waals surface area contributed by atoms with Crippen LogP contribution in [0.25, 0.3) is 0 Å². The van der Waals surface area contributed by atoms with Gasteiger partial charge in [-0.3, -0.25) is 0 Å². The Bertz CT molecular complexity index is 599. The standard InChI is InChI=1S/C16H17BrN2O2/c1-21-14-8-6-13(7-9-14)19-16(20)18-11-10-12-4-2-3-5-15(12)17/h2-9H,10-11H2,1H3,(H2,18,19,20).